The Kier molecular flexibility index (Phi) is 4.19. The van der Waals surface area contributed by atoms with Gasteiger partial charge in [-0.15, -0.1) is 27.8 Å². The van der Waals surface area contributed by atoms with E-state index in [0.717, 1.165) is 5.57 Å². The number of hydrogen-bond donors (Lipinski definition) is 1. The molecule has 1 aromatic carbocycles. The smallest absolute Gasteiger partial charge is 0.395 e. The zero-order valence-corrected chi connectivity index (χ0v) is 10.6. The number of nitrogens with two attached hydrogens (primary N) is 1. The summed E-state index contributed by atoms with van der Waals surface area (Å²) in [5.41, 5.74) is 7.56. The molecule has 0 bridgehead atoms. The molecule has 1 heterocycles. The summed E-state index contributed by atoms with van der Waals surface area (Å²) in [5, 5.41) is 0. The van der Waals surface area contributed by atoms with Crippen molar-refractivity contribution in [3.8, 4) is 11.5 Å². The summed E-state index contributed by atoms with van der Waals surface area (Å²) in [7, 11) is 0. The fourth-order valence-electron chi connectivity index (χ4n) is 1.69. The molecule has 6 heteroatoms. The van der Waals surface area contributed by atoms with Crippen LogP contribution in [0.3, 0.4) is 0 Å². The van der Waals surface area contributed by atoms with Crippen LogP contribution in [0.1, 0.15) is 24.9 Å². The fraction of sp³-hybridized carbons (Fsp3) is 0.333. The highest BCUT2D eigenvalue weighted by Crippen LogP contribution is 2.42. The summed E-state index contributed by atoms with van der Waals surface area (Å²) in [6.07, 6.45) is -2.99. The van der Waals surface area contributed by atoms with Crippen molar-refractivity contribution >= 4 is 12.4 Å². The zero-order valence-electron chi connectivity index (χ0n) is 9.78. The molecular weight excluding hydrogens is 264 g/mol. The molecule has 0 spiro atoms. The highest BCUT2D eigenvalue weighted by Gasteiger charge is 2.43. The average molecular weight is 278 g/mol. The number of alkyl halides is 2. The lowest BCUT2D eigenvalue weighted by Crippen LogP contribution is -2.25. The standard InChI is InChI=1S/C12H13F2NO2.ClH/c1-7(2)5-9(15)8-3-4-10-11(6-8)17-12(13,14)16-10;/h3-4,6,9H,1,5,15H2,2H3;1H/t9-;/m0./s1. The van der Waals surface area contributed by atoms with Crippen LogP contribution in [0.2, 0.25) is 0 Å². The van der Waals surface area contributed by atoms with Crippen LogP contribution in [-0.4, -0.2) is 6.29 Å². The molecule has 0 amide bonds. The quantitative estimate of drug-likeness (QED) is 0.861. The minimum atomic E-state index is -3.58. The third-order valence-corrected chi connectivity index (χ3v) is 2.42. The van der Waals surface area contributed by atoms with E-state index in [-0.39, 0.29) is 29.9 Å². The van der Waals surface area contributed by atoms with Crippen LogP contribution < -0.4 is 15.2 Å². The van der Waals surface area contributed by atoms with Gasteiger partial charge in [-0.3, -0.25) is 0 Å². The lowest BCUT2D eigenvalue weighted by molar-refractivity contribution is -0.286. The molecule has 1 aromatic rings. The second-order valence-electron chi connectivity index (χ2n) is 4.14. The van der Waals surface area contributed by atoms with Crippen LogP contribution >= 0.6 is 12.4 Å². The van der Waals surface area contributed by atoms with Gasteiger partial charge < -0.3 is 15.2 Å². The molecule has 18 heavy (non-hydrogen) atoms. The predicted molar refractivity (Wildman–Crippen MR) is 66.3 cm³/mol. The maximum Gasteiger partial charge on any atom is 0.586 e. The van der Waals surface area contributed by atoms with Gasteiger partial charge in [0.2, 0.25) is 0 Å². The van der Waals surface area contributed by atoms with Gasteiger partial charge in [0.05, 0.1) is 0 Å². The number of halogens is 3. The van der Waals surface area contributed by atoms with Crippen molar-refractivity contribution in [3.05, 3.63) is 35.9 Å². The van der Waals surface area contributed by atoms with Gasteiger partial charge in [-0.1, -0.05) is 11.6 Å². The lowest BCUT2D eigenvalue weighted by Gasteiger charge is -2.12. The first-order valence-electron chi connectivity index (χ1n) is 5.17. The zero-order chi connectivity index (χ0) is 12.6. The molecule has 0 radical (unpaired) electrons. The molecule has 0 saturated heterocycles. The van der Waals surface area contributed by atoms with Crippen molar-refractivity contribution in [3.63, 3.8) is 0 Å². The third-order valence-electron chi connectivity index (χ3n) is 2.42. The third kappa shape index (κ3) is 3.11. The monoisotopic (exact) mass is 277 g/mol. The second-order valence-corrected chi connectivity index (χ2v) is 4.14. The first-order valence-corrected chi connectivity index (χ1v) is 5.17. The fourth-order valence-corrected chi connectivity index (χ4v) is 1.69. The van der Waals surface area contributed by atoms with E-state index in [0.29, 0.717) is 12.0 Å². The van der Waals surface area contributed by atoms with E-state index in [9.17, 15) is 8.78 Å². The van der Waals surface area contributed by atoms with Gasteiger partial charge in [0.15, 0.2) is 11.5 Å². The van der Waals surface area contributed by atoms with E-state index >= 15 is 0 Å². The molecule has 0 fully saturated rings. The Balaban J connectivity index is 0.00000162. The topological polar surface area (TPSA) is 44.5 Å². The maximum atomic E-state index is 12.8. The van der Waals surface area contributed by atoms with E-state index in [1.165, 1.54) is 12.1 Å². The summed E-state index contributed by atoms with van der Waals surface area (Å²) in [5.74, 6) is 0.0472. The van der Waals surface area contributed by atoms with Crippen LogP contribution in [0.15, 0.2) is 30.4 Å². The Bertz CT molecular complexity index is 465. The molecule has 0 aromatic heterocycles. The molecule has 0 aliphatic carbocycles. The Labute approximate surface area is 110 Å². The SMILES string of the molecule is C=C(C)C[C@H](N)c1ccc2c(c1)OC(F)(F)O2.Cl. The van der Waals surface area contributed by atoms with E-state index < -0.39 is 6.29 Å². The molecular formula is C12H14ClF2NO2. The van der Waals surface area contributed by atoms with E-state index in [4.69, 9.17) is 5.73 Å². The molecule has 1 aliphatic heterocycles. The summed E-state index contributed by atoms with van der Waals surface area (Å²) < 4.78 is 34.2. The van der Waals surface area contributed by atoms with Gasteiger partial charge in [-0.25, -0.2) is 0 Å². The summed E-state index contributed by atoms with van der Waals surface area (Å²) in [4.78, 5) is 0. The number of hydrogen-bond acceptors (Lipinski definition) is 3. The number of benzene rings is 1. The van der Waals surface area contributed by atoms with Crippen molar-refractivity contribution in [2.24, 2.45) is 5.73 Å². The van der Waals surface area contributed by atoms with Crippen LogP contribution in [0.4, 0.5) is 8.78 Å². The minimum absolute atomic E-state index is 0. The normalized spacial score (nSPS) is 16.9. The van der Waals surface area contributed by atoms with Crippen molar-refractivity contribution in [1.29, 1.82) is 0 Å². The minimum Gasteiger partial charge on any atom is -0.395 e. The summed E-state index contributed by atoms with van der Waals surface area (Å²) in [6.45, 7) is 5.62. The Morgan fingerprint density at radius 2 is 2.00 bits per heavy atom. The Morgan fingerprint density at radius 1 is 1.39 bits per heavy atom. The Hall–Kier alpha value is -1.33. The molecule has 2 N–H and O–H groups in total. The van der Waals surface area contributed by atoms with Gasteiger partial charge in [-0.05, 0) is 31.0 Å². The molecule has 1 atom stereocenters. The first-order chi connectivity index (χ1) is 7.87. The highest BCUT2D eigenvalue weighted by molar-refractivity contribution is 5.85. The van der Waals surface area contributed by atoms with E-state index in [1.54, 1.807) is 6.07 Å². The number of ether oxygens (including phenoxy) is 2. The molecule has 1 aliphatic rings. The van der Waals surface area contributed by atoms with Crippen LogP contribution in [0.5, 0.6) is 11.5 Å². The van der Waals surface area contributed by atoms with E-state index in [2.05, 4.69) is 16.1 Å². The molecule has 2 rings (SSSR count). The predicted octanol–water partition coefficient (Wildman–Crippen LogP) is 3.40. The largest absolute Gasteiger partial charge is 0.586 e. The van der Waals surface area contributed by atoms with Crippen molar-refractivity contribution in [1.82, 2.24) is 0 Å². The van der Waals surface area contributed by atoms with Gasteiger partial charge in [0.1, 0.15) is 0 Å². The van der Waals surface area contributed by atoms with E-state index in [1.807, 2.05) is 6.92 Å². The van der Waals surface area contributed by atoms with Crippen LogP contribution in [0, 0.1) is 0 Å². The van der Waals surface area contributed by atoms with Crippen molar-refractivity contribution in [2.75, 3.05) is 0 Å². The van der Waals surface area contributed by atoms with Gasteiger partial charge >= 0.3 is 6.29 Å². The van der Waals surface area contributed by atoms with Crippen LogP contribution in [0.25, 0.3) is 0 Å². The van der Waals surface area contributed by atoms with Crippen molar-refractivity contribution < 1.29 is 18.3 Å². The molecule has 100 valence electrons. The average Bonchev–Trinajstić information content (AvgIpc) is 2.48. The van der Waals surface area contributed by atoms with Crippen LogP contribution in [-0.2, 0) is 0 Å². The highest BCUT2D eigenvalue weighted by atomic mass is 35.5. The second kappa shape index (κ2) is 5.12. The van der Waals surface area contributed by atoms with Gasteiger partial charge in [0, 0.05) is 6.04 Å². The van der Waals surface area contributed by atoms with Crippen molar-refractivity contribution in [2.45, 2.75) is 25.7 Å². The molecule has 0 unspecified atom stereocenters. The van der Waals surface area contributed by atoms with Gasteiger partial charge in [0.25, 0.3) is 0 Å². The summed E-state index contributed by atoms with van der Waals surface area (Å²) >= 11 is 0. The number of rotatable bonds is 3. The lowest BCUT2D eigenvalue weighted by atomic mass is 10.0. The number of fused-ring (bicyclic) bond motifs is 1. The Morgan fingerprint density at radius 3 is 2.61 bits per heavy atom. The first kappa shape index (κ1) is 14.7. The van der Waals surface area contributed by atoms with Gasteiger partial charge in [-0.2, -0.15) is 0 Å². The maximum absolute atomic E-state index is 12.8. The summed E-state index contributed by atoms with van der Waals surface area (Å²) in [6, 6.07) is 4.28. The molecule has 3 nitrogen and oxygen atoms in total. The molecule has 0 saturated carbocycles.